The van der Waals surface area contributed by atoms with Crippen LogP contribution in [0, 0.1) is 5.82 Å². The van der Waals surface area contributed by atoms with E-state index in [0.29, 0.717) is 16.8 Å². The Bertz CT molecular complexity index is 531. The molecule has 1 aromatic heterocycles. The molecule has 0 unspecified atom stereocenters. The molecule has 0 aliphatic rings. The third-order valence-corrected chi connectivity index (χ3v) is 2.72. The summed E-state index contributed by atoms with van der Waals surface area (Å²) in [5.41, 5.74) is 0.785. The number of nitrogens with one attached hydrogen (secondary N) is 1. The summed E-state index contributed by atoms with van der Waals surface area (Å²) in [5, 5.41) is 6.79. The van der Waals surface area contributed by atoms with Gasteiger partial charge in [0, 0.05) is 17.1 Å². The summed E-state index contributed by atoms with van der Waals surface area (Å²) in [4.78, 5) is 0. The quantitative estimate of drug-likeness (QED) is 0.922. The van der Waals surface area contributed by atoms with Crippen LogP contribution < -0.4 is 10.1 Å². The summed E-state index contributed by atoms with van der Waals surface area (Å²) in [7, 11) is 1.82. The molecule has 0 saturated carbocycles. The van der Waals surface area contributed by atoms with Crippen LogP contribution in [0.15, 0.2) is 33.3 Å². The summed E-state index contributed by atoms with van der Waals surface area (Å²) in [6.45, 7) is 0.769. The monoisotopic (exact) mass is 314 g/mol. The van der Waals surface area contributed by atoms with Crippen molar-refractivity contribution in [1.82, 2.24) is 10.5 Å². The number of halogens is 2. The molecule has 0 bridgehead atoms. The molecule has 4 nitrogen and oxygen atoms in total. The molecule has 1 aromatic carbocycles. The van der Waals surface area contributed by atoms with E-state index in [1.165, 1.54) is 6.07 Å². The van der Waals surface area contributed by atoms with E-state index in [-0.39, 0.29) is 12.4 Å². The molecule has 1 N–H and O–H groups in total. The lowest BCUT2D eigenvalue weighted by Crippen LogP contribution is -2.04. The van der Waals surface area contributed by atoms with Crippen LogP contribution in [0.5, 0.6) is 5.75 Å². The Hall–Kier alpha value is -1.40. The predicted octanol–water partition coefficient (Wildman–Crippen LogP) is 2.87. The first kappa shape index (κ1) is 13.0. The molecule has 0 aliphatic carbocycles. The summed E-state index contributed by atoms with van der Waals surface area (Å²) >= 11 is 3.18. The SMILES string of the molecule is CNCc1cc(COc2ccc(Br)cc2F)on1. The highest BCUT2D eigenvalue weighted by Gasteiger charge is 2.07. The van der Waals surface area contributed by atoms with E-state index in [4.69, 9.17) is 9.26 Å². The second-order valence-electron chi connectivity index (χ2n) is 3.68. The third-order valence-electron chi connectivity index (χ3n) is 2.23. The molecule has 0 saturated heterocycles. The van der Waals surface area contributed by atoms with E-state index >= 15 is 0 Å². The molecule has 18 heavy (non-hydrogen) atoms. The zero-order valence-electron chi connectivity index (χ0n) is 9.74. The highest BCUT2D eigenvalue weighted by Crippen LogP contribution is 2.22. The number of hydrogen-bond acceptors (Lipinski definition) is 4. The van der Waals surface area contributed by atoms with E-state index in [0.717, 1.165) is 5.69 Å². The van der Waals surface area contributed by atoms with Crippen molar-refractivity contribution >= 4 is 15.9 Å². The Morgan fingerprint density at radius 3 is 3.00 bits per heavy atom. The van der Waals surface area contributed by atoms with E-state index in [1.807, 2.05) is 7.05 Å². The molecule has 2 rings (SSSR count). The van der Waals surface area contributed by atoms with Crippen LogP contribution in [0.4, 0.5) is 4.39 Å². The molecule has 0 amide bonds. The van der Waals surface area contributed by atoms with Crippen molar-refractivity contribution in [2.45, 2.75) is 13.2 Å². The first-order valence-electron chi connectivity index (χ1n) is 5.36. The van der Waals surface area contributed by atoms with Crippen LogP contribution >= 0.6 is 15.9 Å². The molecule has 0 atom stereocenters. The van der Waals surface area contributed by atoms with Crippen molar-refractivity contribution in [3.63, 3.8) is 0 Å². The van der Waals surface area contributed by atoms with Gasteiger partial charge < -0.3 is 14.6 Å². The van der Waals surface area contributed by atoms with Crippen molar-refractivity contribution in [2.24, 2.45) is 0 Å². The zero-order valence-corrected chi connectivity index (χ0v) is 11.3. The largest absolute Gasteiger partial charge is 0.482 e. The van der Waals surface area contributed by atoms with Crippen LogP contribution in [0.1, 0.15) is 11.5 Å². The van der Waals surface area contributed by atoms with Gasteiger partial charge in [-0.2, -0.15) is 0 Å². The van der Waals surface area contributed by atoms with Gasteiger partial charge in [0.2, 0.25) is 0 Å². The smallest absolute Gasteiger partial charge is 0.174 e. The minimum absolute atomic E-state index is 0.148. The predicted molar refractivity (Wildman–Crippen MR) is 67.7 cm³/mol. The van der Waals surface area contributed by atoms with Gasteiger partial charge in [0.1, 0.15) is 6.61 Å². The van der Waals surface area contributed by atoms with Gasteiger partial charge in [-0.05, 0) is 25.2 Å². The first-order chi connectivity index (χ1) is 8.69. The molecule has 96 valence electrons. The lowest BCUT2D eigenvalue weighted by atomic mass is 10.3. The lowest BCUT2D eigenvalue weighted by molar-refractivity contribution is 0.239. The van der Waals surface area contributed by atoms with E-state index in [9.17, 15) is 4.39 Å². The summed E-state index contributed by atoms with van der Waals surface area (Å²) < 4.78 is 24.5. The minimum atomic E-state index is -0.417. The summed E-state index contributed by atoms with van der Waals surface area (Å²) in [6, 6.07) is 6.39. The van der Waals surface area contributed by atoms with Crippen molar-refractivity contribution < 1.29 is 13.7 Å². The number of hydrogen-bond donors (Lipinski definition) is 1. The number of nitrogens with zero attached hydrogens (tertiary/aromatic N) is 1. The van der Waals surface area contributed by atoms with Crippen molar-refractivity contribution in [3.8, 4) is 5.75 Å². The molecule has 2 aromatic rings. The van der Waals surface area contributed by atoms with Crippen LogP contribution in [0.25, 0.3) is 0 Å². The maximum Gasteiger partial charge on any atom is 0.174 e. The molecular weight excluding hydrogens is 303 g/mol. The van der Waals surface area contributed by atoms with Crippen molar-refractivity contribution in [1.29, 1.82) is 0 Å². The van der Waals surface area contributed by atoms with E-state index in [2.05, 4.69) is 26.4 Å². The Labute approximate surface area is 112 Å². The molecule has 0 aliphatic heterocycles. The highest BCUT2D eigenvalue weighted by molar-refractivity contribution is 9.10. The molecule has 6 heteroatoms. The Morgan fingerprint density at radius 2 is 2.28 bits per heavy atom. The first-order valence-corrected chi connectivity index (χ1v) is 6.15. The van der Waals surface area contributed by atoms with Crippen molar-refractivity contribution in [3.05, 3.63) is 46.0 Å². The third kappa shape index (κ3) is 3.30. The fraction of sp³-hybridized carbons (Fsp3) is 0.250. The second-order valence-corrected chi connectivity index (χ2v) is 4.59. The molecule has 0 radical (unpaired) electrons. The molecule has 1 heterocycles. The topological polar surface area (TPSA) is 47.3 Å². The second kappa shape index (κ2) is 5.97. The standard InChI is InChI=1S/C12H12BrFN2O2/c1-15-6-9-5-10(18-16-9)7-17-12-3-2-8(13)4-11(12)14/h2-5,15H,6-7H2,1H3. The Morgan fingerprint density at radius 1 is 1.44 bits per heavy atom. The van der Waals surface area contributed by atoms with Gasteiger partial charge >= 0.3 is 0 Å². The van der Waals surface area contributed by atoms with Gasteiger partial charge in [-0.1, -0.05) is 21.1 Å². The fourth-order valence-corrected chi connectivity index (χ4v) is 1.76. The van der Waals surface area contributed by atoms with Crippen LogP contribution in [0.3, 0.4) is 0 Å². The Kier molecular flexibility index (Phi) is 4.33. The Balaban J connectivity index is 1.97. The van der Waals surface area contributed by atoms with E-state index in [1.54, 1.807) is 18.2 Å². The minimum Gasteiger partial charge on any atom is -0.482 e. The van der Waals surface area contributed by atoms with Crippen molar-refractivity contribution in [2.75, 3.05) is 7.05 Å². The zero-order chi connectivity index (χ0) is 13.0. The summed E-state index contributed by atoms with van der Waals surface area (Å²) in [6.07, 6.45) is 0. The van der Waals surface area contributed by atoms with Crippen LogP contribution in [-0.2, 0) is 13.2 Å². The number of rotatable bonds is 5. The van der Waals surface area contributed by atoms with Gasteiger partial charge in [-0.25, -0.2) is 4.39 Å². The van der Waals surface area contributed by atoms with Gasteiger partial charge in [0.15, 0.2) is 17.3 Å². The van der Waals surface area contributed by atoms with Gasteiger partial charge in [-0.3, -0.25) is 0 Å². The highest BCUT2D eigenvalue weighted by atomic mass is 79.9. The maximum absolute atomic E-state index is 13.5. The van der Waals surface area contributed by atoms with Crippen LogP contribution in [-0.4, -0.2) is 12.2 Å². The molecule has 0 spiro atoms. The normalized spacial score (nSPS) is 10.6. The van der Waals surface area contributed by atoms with Gasteiger partial charge in [-0.15, -0.1) is 0 Å². The summed E-state index contributed by atoms with van der Waals surface area (Å²) in [5.74, 6) is 0.326. The van der Waals surface area contributed by atoms with Crippen LogP contribution in [0.2, 0.25) is 0 Å². The number of benzene rings is 1. The lowest BCUT2D eigenvalue weighted by Gasteiger charge is -2.04. The van der Waals surface area contributed by atoms with E-state index < -0.39 is 5.82 Å². The number of ether oxygens (including phenoxy) is 1. The average Bonchev–Trinajstić information content (AvgIpc) is 2.76. The maximum atomic E-state index is 13.5. The fourth-order valence-electron chi connectivity index (χ4n) is 1.43. The average molecular weight is 315 g/mol. The molecular formula is C12H12BrFN2O2. The van der Waals surface area contributed by atoms with Gasteiger partial charge in [0.25, 0.3) is 0 Å². The van der Waals surface area contributed by atoms with Gasteiger partial charge in [0.05, 0.1) is 5.69 Å². The molecule has 0 fully saturated rings. The number of aromatic nitrogens is 1.